The first-order chi connectivity index (χ1) is 7.18. The molecule has 1 aromatic heterocycles. The third-order valence-corrected chi connectivity index (χ3v) is 3.46. The van der Waals surface area contributed by atoms with Crippen LogP contribution in [0, 0.1) is 6.92 Å². The largest absolute Gasteiger partial charge is 0.291 e. The molecule has 0 saturated heterocycles. The van der Waals surface area contributed by atoms with Gasteiger partial charge in [0.15, 0.2) is 0 Å². The summed E-state index contributed by atoms with van der Waals surface area (Å²) < 4.78 is 1.74. The molecule has 0 aliphatic heterocycles. The predicted octanol–water partition coefficient (Wildman–Crippen LogP) is 2.17. The zero-order valence-electron chi connectivity index (χ0n) is 8.65. The summed E-state index contributed by atoms with van der Waals surface area (Å²) in [5.74, 6) is 0. The van der Waals surface area contributed by atoms with E-state index in [1.54, 1.807) is 4.68 Å². The van der Waals surface area contributed by atoms with Gasteiger partial charge in [-0.05, 0) is 19.1 Å². The lowest BCUT2D eigenvalue weighted by molar-refractivity contribution is 0.729. The fraction of sp³-hybridized carbons (Fsp3) is 0.182. The van der Waals surface area contributed by atoms with Crippen molar-refractivity contribution in [1.82, 2.24) is 9.78 Å². The van der Waals surface area contributed by atoms with E-state index in [-0.39, 0.29) is 5.56 Å². The predicted molar refractivity (Wildman–Crippen MR) is 61.3 cm³/mol. The molecule has 0 saturated carbocycles. The molecule has 0 spiro atoms. The third kappa shape index (κ3) is 1.99. The zero-order chi connectivity index (χ0) is 10.8. The summed E-state index contributed by atoms with van der Waals surface area (Å²) in [5, 5.41) is 2.74. The second-order valence-corrected chi connectivity index (χ2v) is 4.41. The maximum Gasteiger partial charge on any atom is 0.278 e. The van der Waals surface area contributed by atoms with Crippen LogP contribution in [-0.4, -0.2) is 9.78 Å². The van der Waals surface area contributed by atoms with Crippen molar-refractivity contribution in [3.05, 3.63) is 46.4 Å². The fourth-order valence-corrected chi connectivity index (χ4v) is 2.28. The molecule has 0 aliphatic carbocycles. The number of rotatable bonds is 2. The van der Waals surface area contributed by atoms with Crippen LogP contribution in [0.2, 0.25) is 0 Å². The molecular formula is C11H12N2OS. The number of hydrogen-bond donors (Lipinski definition) is 1. The van der Waals surface area contributed by atoms with Gasteiger partial charge in [0.05, 0.1) is 10.6 Å². The van der Waals surface area contributed by atoms with Crippen LogP contribution in [0.15, 0.2) is 44.9 Å². The molecule has 78 valence electrons. The number of aromatic amines is 1. The highest BCUT2D eigenvalue weighted by molar-refractivity contribution is 7.99. The first-order valence-corrected chi connectivity index (χ1v) is 5.48. The second-order valence-electron chi connectivity index (χ2n) is 3.33. The van der Waals surface area contributed by atoms with Crippen LogP contribution in [0.1, 0.15) is 5.69 Å². The number of aromatic nitrogens is 2. The number of H-pyrrole nitrogens is 1. The first-order valence-electron chi connectivity index (χ1n) is 4.67. The lowest BCUT2D eigenvalue weighted by atomic mass is 10.4. The summed E-state index contributed by atoms with van der Waals surface area (Å²) in [6, 6.07) is 9.89. The van der Waals surface area contributed by atoms with Crippen LogP contribution in [0.3, 0.4) is 0 Å². The molecular weight excluding hydrogens is 208 g/mol. The molecule has 0 atom stereocenters. The summed E-state index contributed by atoms with van der Waals surface area (Å²) >= 11 is 1.50. The minimum absolute atomic E-state index is 0.0242. The average molecular weight is 220 g/mol. The summed E-state index contributed by atoms with van der Waals surface area (Å²) in [4.78, 5) is 13.4. The molecule has 2 rings (SSSR count). The number of nitrogens with zero attached hydrogens (tertiary/aromatic N) is 1. The third-order valence-electron chi connectivity index (χ3n) is 2.27. The summed E-state index contributed by atoms with van der Waals surface area (Å²) in [7, 11) is 1.84. The van der Waals surface area contributed by atoms with E-state index in [0.717, 1.165) is 15.5 Å². The van der Waals surface area contributed by atoms with Crippen LogP contribution in [0.25, 0.3) is 0 Å². The lowest BCUT2D eigenvalue weighted by Crippen LogP contribution is -2.02. The second kappa shape index (κ2) is 3.98. The highest BCUT2D eigenvalue weighted by Gasteiger charge is 2.09. The van der Waals surface area contributed by atoms with Crippen LogP contribution < -0.4 is 5.56 Å². The summed E-state index contributed by atoms with van der Waals surface area (Å²) in [5.41, 5.74) is 0.942. The van der Waals surface area contributed by atoms with Gasteiger partial charge in [-0.1, -0.05) is 30.0 Å². The van der Waals surface area contributed by atoms with Crippen molar-refractivity contribution in [3.8, 4) is 0 Å². The van der Waals surface area contributed by atoms with Gasteiger partial charge < -0.3 is 0 Å². The molecule has 1 heterocycles. The molecule has 0 fully saturated rings. The Morgan fingerprint density at radius 2 is 1.93 bits per heavy atom. The molecule has 0 amide bonds. The summed E-state index contributed by atoms with van der Waals surface area (Å²) in [6.45, 7) is 1.93. The van der Waals surface area contributed by atoms with Crippen molar-refractivity contribution in [2.24, 2.45) is 7.05 Å². The van der Waals surface area contributed by atoms with E-state index in [2.05, 4.69) is 5.10 Å². The standard InChI is InChI=1S/C11H12N2OS/c1-8-10(11(14)12-13(8)2)15-9-6-4-3-5-7-9/h3-7H,1-2H3,(H,12,14). The Kier molecular flexibility index (Phi) is 2.68. The highest BCUT2D eigenvalue weighted by Crippen LogP contribution is 2.26. The van der Waals surface area contributed by atoms with Gasteiger partial charge in [-0.2, -0.15) is 0 Å². The van der Waals surface area contributed by atoms with Crippen molar-refractivity contribution in [2.45, 2.75) is 16.7 Å². The van der Waals surface area contributed by atoms with E-state index >= 15 is 0 Å². The molecule has 1 aromatic carbocycles. The van der Waals surface area contributed by atoms with Gasteiger partial charge in [-0.3, -0.25) is 14.6 Å². The molecule has 2 aromatic rings. The van der Waals surface area contributed by atoms with Gasteiger partial charge in [-0.25, -0.2) is 0 Å². The average Bonchev–Trinajstić information content (AvgIpc) is 2.47. The Labute approximate surface area is 92.1 Å². The SMILES string of the molecule is Cc1c(Sc2ccccc2)c(=O)[nH]n1C. The normalized spacial score (nSPS) is 10.5. The van der Waals surface area contributed by atoms with Crippen molar-refractivity contribution >= 4 is 11.8 Å². The quantitative estimate of drug-likeness (QED) is 0.842. The van der Waals surface area contributed by atoms with Crippen molar-refractivity contribution in [1.29, 1.82) is 0 Å². The fourth-order valence-electron chi connectivity index (χ4n) is 1.33. The van der Waals surface area contributed by atoms with E-state index in [9.17, 15) is 4.79 Å². The Hall–Kier alpha value is -1.42. The van der Waals surface area contributed by atoms with Crippen molar-refractivity contribution in [2.75, 3.05) is 0 Å². The van der Waals surface area contributed by atoms with E-state index in [4.69, 9.17) is 0 Å². The topological polar surface area (TPSA) is 37.8 Å². The molecule has 1 N–H and O–H groups in total. The Bertz CT molecular complexity index is 513. The zero-order valence-corrected chi connectivity index (χ0v) is 9.47. The molecule has 3 nitrogen and oxygen atoms in total. The van der Waals surface area contributed by atoms with Gasteiger partial charge in [0, 0.05) is 11.9 Å². The molecule has 0 radical (unpaired) electrons. The molecule has 0 unspecified atom stereocenters. The maximum atomic E-state index is 11.6. The molecule has 0 aliphatic rings. The number of benzene rings is 1. The first kappa shape index (κ1) is 10.1. The smallest absolute Gasteiger partial charge is 0.278 e. The van der Waals surface area contributed by atoms with Gasteiger partial charge in [0.1, 0.15) is 0 Å². The Morgan fingerprint density at radius 1 is 1.27 bits per heavy atom. The molecule has 15 heavy (non-hydrogen) atoms. The van der Waals surface area contributed by atoms with Crippen LogP contribution in [0.4, 0.5) is 0 Å². The number of hydrogen-bond acceptors (Lipinski definition) is 2. The summed E-state index contributed by atoms with van der Waals surface area (Å²) in [6.07, 6.45) is 0. The van der Waals surface area contributed by atoms with Gasteiger partial charge in [-0.15, -0.1) is 0 Å². The monoisotopic (exact) mass is 220 g/mol. The number of nitrogens with one attached hydrogen (secondary N) is 1. The minimum atomic E-state index is -0.0242. The van der Waals surface area contributed by atoms with Gasteiger partial charge in [0.2, 0.25) is 0 Å². The van der Waals surface area contributed by atoms with E-state index in [1.165, 1.54) is 11.8 Å². The minimum Gasteiger partial charge on any atom is -0.291 e. The highest BCUT2D eigenvalue weighted by atomic mass is 32.2. The van der Waals surface area contributed by atoms with E-state index < -0.39 is 0 Å². The van der Waals surface area contributed by atoms with Crippen LogP contribution in [-0.2, 0) is 7.05 Å². The Balaban J connectivity index is 2.37. The van der Waals surface area contributed by atoms with Crippen molar-refractivity contribution < 1.29 is 0 Å². The van der Waals surface area contributed by atoms with Gasteiger partial charge in [0.25, 0.3) is 5.56 Å². The van der Waals surface area contributed by atoms with Gasteiger partial charge >= 0.3 is 0 Å². The molecule has 4 heteroatoms. The maximum absolute atomic E-state index is 11.6. The molecule has 0 bridgehead atoms. The van der Waals surface area contributed by atoms with Crippen LogP contribution in [0.5, 0.6) is 0 Å². The lowest BCUT2D eigenvalue weighted by Gasteiger charge is -1.99. The van der Waals surface area contributed by atoms with E-state index in [0.29, 0.717) is 0 Å². The van der Waals surface area contributed by atoms with Crippen LogP contribution >= 0.6 is 11.8 Å². The number of aryl methyl sites for hydroxylation is 1. The van der Waals surface area contributed by atoms with Crippen molar-refractivity contribution in [3.63, 3.8) is 0 Å². The van der Waals surface area contributed by atoms with E-state index in [1.807, 2.05) is 44.3 Å². The Morgan fingerprint density at radius 3 is 2.47 bits per heavy atom.